The Labute approximate surface area is 135 Å². The average molecular weight is 320 g/mol. The molecule has 0 saturated carbocycles. The van der Waals surface area contributed by atoms with Gasteiger partial charge in [-0.25, -0.2) is 0 Å². The van der Waals surface area contributed by atoms with Gasteiger partial charge in [0.1, 0.15) is 0 Å². The van der Waals surface area contributed by atoms with Crippen molar-refractivity contribution < 1.29 is 9.22 Å². The van der Waals surface area contributed by atoms with E-state index in [1.165, 1.54) is 5.56 Å². The summed E-state index contributed by atoms with van der Waals surface area (Å²) in [5.41, 5.74) is 1.18. The third-order valence-electron chi connectivity index (χ3n) is 5.27. The quantitative estimate of drug-likeness (QED) is 0.605. The van der Waals surface area contributed by atoms with E-state index in [2.05, 4.69) is 46.0 Å². The van der Waals surface area contributed by atoms with Crippen LogP contribution in [0.5, 0.6) is 0 Å². The van der Waals surface area contributed by atoms with Gasteiger partial charge in [0.15, 0.2) is 8.32 Å². The van der Waals surface area contributed by atoms with Gasteiger partial charge in [-0.3, -0.25) is 4.79 Å². The predicted octanol–water partition coefficient (Wildman–Crippen LogP) is 4.06. The van der Waals surface area contributed by atoms with E-state index in [0.29, 0.717) is 13.2 Å². The Morgan fingerprint density at radius 1 is 1.18 bits per heavy atom. The summed E-state index contributed by atoms with van der Waals surface area (Å²) in [6, 6.07) is 10.4. The highest BCUT2D eigenvalue weighted by molar-refractivity contribution is 6.74. The van der Waals surface area contributed by atoms with Gasteiger partial charge in [0, 0.05) is 6.54 Å². The average Bonchev–Trinajstić information content (AvgIpc) is 2.45. The lowest BCUT2D eigenvalue weighted by molar-refractivity contribution is -0.158. The van der Waals surface area contributed by atoms with Crippen molar-refractivity contribution >= 4 is 14.2 Å². The lowest BCUT2D eigenvalue weighted by Crippen LogP contribution is -2.62. The lowest BCUT2D eigenvalue weighted by Gasteiger charge is -2.48. The van der Waals surface area contributed by atoms with Crippen LogP contribution in [0.1, 0.15) is 33.3 Å². The summed E-state index contributed by atoms with van der Waals surface area (Å²) >= 11 is 0. The molecule has 0 aromatic heterocycles. The van der Waals surface area contributed by atoms with E-state index < -0.39 is 8.32 Å². The second kappa shape index (κ2) is 6.17. The van der Waals surface area contributed by atoms with Crippen LogP contribution in [0, 0.1) is 5.92 Å². The van der Waals surface area contributed by atoms with Gasteiger partial charge < -0.3 is 9.33 Å². The highest BCUT2D eigenvalue weighted by Crippen LogP contribution is 2.38. The SMILES string of the molecule is C[C@@H]1C(=O)N(Cc2ccccc2)[C@@H]1CO[Si](C)(C)C(C)(C)C. The van der Waals surface area contributed by atoms with Crippen molar-refractivity contribution in [3.63, 3.8) is 0 Å². The zero-order chi connectivity index (χ0) is 16.5. The van der Waals surface area contributed by atoms with Crippen LogP contribution in [0.2, 0.25) is 18.1 Å². The first kappa shape index (κ1) is 17.2. The van der Waals surface area contributed by atoms with Gasteiger partial charge in [-0.05, 0) is 23.7 Å². The molecule has 0 radical (unpaired) electrons. The second-order valence-corrected chi connectivity index (χ2v) is 12.7. The fraction of sp³-hybridized carbons (Fsp3) is 0.611. The topological polar surface area (TPSA) is 29.5 Å². The fourth-order valence-corrected chi connectivity index (χ4v) is 3.52. The maximum Gasteiger partial charge on any atom is 0.228 e. The third-order valence-corrected chi connectivity index (χ3v) is 9.77. The fourth-order valence-electron chi connectivity index (χ4n) is 2.50. The molecule has 2 rings (SSSR count). The van der Waals surface area contributed by atoms with E-state index in [-0.39, 0.29) is 22.9 Å². The highest BCUT2D eigenvalue weighted by Gasteiger charge is 2.46. The molecule has 0 N–H and O–H groups in total. The monoisotopic (exact) mass is 319 g/mol. The van der Waals surface area contributed by atoms with Gasteiger partial charge in [-0.2, -0.15) is 0 Å². The number of likely N-dealkylation sites (tertiary alicyclic amines) is 1. The van der Waals surface area contributed by atoms with Crippen LogP contribution < -0.4 is 0 Å². The Morgan fingerprint density at radius 3 is 2.32 bits per heavy atom. The second-order valence-electron chi connectivity index (χ2n) is 7.88. The number of hydrogen-bond donors (Lipinski definition) is 0. The maximum atomic E-state index is 12.2. The predicted molar refractivity (Wildman–Crippen MR) is 93.1 cm³/mol. The number of benzene rings is 1. The Morgan fingerprint density at radius 2 is 1.77 bits per heavy atom. The highest BCUT2D eigenvalue weighted by atomic mass is 28.4. The van der Waals surface area contributed by atoms with Gasteiger partial charge in [0.25, 0.3) is 0 Å². The van der Waals surface area contributed by atoms with E-state index in [1.807, 2.05) is 30.0 Å². The first-order valence-electron chi connectivity index (χ1n) is 8.12. The number of amides is 1. The minimum absolute atomic E-state index is 0.0773. The molecule has 0 aliphatic carbocycles. The van der Waals surface area contributed by atoms with Crippen LogP contribution in [0.15, 0.2) is 30.3 Å². The first-order valence-corrected chi connectivity index (χ1v) is 11.0. The van der Waals surface area contributed by atoms with Gasteiger partial charge in [0.05, 0.1) is 18.6 Å². The number of rotatable bonds is 5. The van der Waals surface area contributed by atoms with Crippen molar-refractivity contribution in [3.05, 3.63) is 35.9 Å². The van der Waals surface area contributed by atoms with Crippen molar-refractivity contribution in [2.24, 2.45) is 5.92 Å². The standard InChI is InChI=1S/C18H29NO2Si/c1-14-16(13-21-22(5,6)18(2,3)4)19(17(14)20)12-15-10-8-7-9-11-15/h7-11,14,16H,12-13H2,1-6H3/t14-,16+/m0/s1. The summed E-state index contributed by atoms with van der Waals surface area (Å²) < 4.78 is 6.33. The summed E-state index contributed by atoms with van der Waals surface area (Å²) in [5.74, 6) is 0.321. The van der Waals surface area contributed by atoms with E-state index >= 15 is 0 Å². The van der Waals surface area contributed by atoms with Gasteiger partial charge in [-0.15, -0.1) is 0 Å². The summed E-state index contributed by atoms with van der Waals surface area (Å²) in [4.78, 5) is 14.1. The number of carbonyl (C=O) groups excluding carboxylic acids is 1. The molecular weight excluding hydrogens is 290 g/mol. The molecular formula is C18H29NO2Si. The minimum atomic E-state index is -1.76. The van der Waals surface area contributed by atoms with E-state index in [0.717, 1.165) is 0 Å². The Balaban J connectivity index is 1.99. The molecule has 2 atom stereocenters. The van der Waals surface area contributed by atoms with Crippen LogP contribution in [-0.4, -0.2) is 31.8 Å². The number of hydrogen-bond acceptors (Lipinski definition) is 2. The summed E-state index contributed by atoms with van der Waals surface area (Å²) in [5, 5.41) is 0.203. The van der Waals surface area contributed by atoms with E-state index in [4.69, 9.17) is 4.43 Å². The third kappa shape index (κ3) is 3.44. The smallest absolute Gasteiger partial charge is 0.228 e. The van der Waals surface area contributed by atoms with Gasteiger partial charge in [0.2, 0.25) is 5.91 Å². The molecule has 0 spiro atoms. The van der Waals surface area contributed by atoms with Crippen molar-refractivity contribution in [1.29, 1.82) is 0 Å². The Bertz CT molecular complexity index is 522. The Hall–Kier alpha value is -1.13. The van der Waals surface area contributed by atoms with Crippen molar-refractivity contribution in [2.45, 2.75) is 58.4 Å². The summed E-state index contributed by atoms with van der Waals surface area (Å²) in [6.07, 6.45) is 0. The zero-order valence-electron chi connectivity index (χ0n) is 14.7. The van der Waals surface area contributed by atoms with Crippen molar-refractivity contribution in [2.75, 3.05) is 6.61 Å². The summed E-state index contributed by atoms with van der Waals surface area (Å²) in [7, 11) is -1.76. The lowest BCUT2D eigenvalue weighted by atomic mass is 9.89. The largest absolute Gasteiger partial charge is 0.415 e. The van der Waals surface area contributed by atoms with E-state index in [9.17, 15) is 4.79 Å². The maximum absolute atomic E-state index is 12.2. The van der Waals surface area contributed by atoms with Crippen LogP contribution in [0.4, 0.5) is 0 Å². The number of carbonyl (C=O) groups is 1. The van der Waals surface area contributed by atoms with Crippen LogP contribution in [-0.2, 0) is 15.8 Å². The molecule has 1 aromatic rings. The van der Waals surface area contributed by atoms with Crippen LogP contribution >= 0.6 is 0 Å². The first-order chi connectivity index (χ1) is 10.1. The zero-order valence-corrected chi connectivity index (χ0v) is 15.7. The van der Waals surface area contributed by atoms with Gasteiger partial charge >= 0.3 is 0 Å². The molecule has 22 heavy (non-hydrogen) atoms. The molecule has 1 aromatic carbocycles. The van der Waals surface area contributed by atoms with E-state index in [1.54, 1.807) is 0 Å². The molecule has 1 saturated heterocycles. The normalized spacial score (nSPS) is 22.6. The van der Waals surface area contributed by atoms with Crippen molar-refractivity contribution in [3.8, 4) is 0 Å². The molecule has 0 unspecified atom stereocenters. The number of β-lactam (4-membered cyclic amide) rings is 1. The molecule has 1 aliphatic heterocycles. The molecule has 122 valence electrons. The van der Waals surface area contributed by atoms with Crippen LogP contribution in [0.25, 0.3) is 0 Å². The van der Waals surface area contributed by atoms with Crippen LogP contribution in [0.3, 0.4) is 0 Å². The van der Waals surface area contributed by atoms with Gasteiger partial charge in [-0.1, -0.05) is 58.0 Å². The number of nitrogens with zero attached hydrogens (tertiary/aromatic N) is 1. The Kier molecular flexibility index (Phi) is 4.83. The molecule has 1 aliphatic rings. The molecule has 1 amide bonds. The minimum Gasteiger partial charge on any atom is -0.415 e. The van der Waals surface area contributed by atoms with Crippen molar-refractivity contribution in [1.82, 2.24) is 4.90 Å². The molecule has 3 nitrogen and oxygen atoms in total. The summed E-state index contributed by atoms with van der Waals surface area (Å²) in [6.45, 7) is 14.6. The molecule has 0 bridgehead atoms. The molecule has 4 heteroatoms. The molecule has 1 fully saturated rings. The molecule has 1 heterocycles.